The van der Waals surface area contributed by atoms with Crippen molar-refractivity contribution in [2.75, 3.05) is 0 Å². The molecule has 18 heavy (non-hydrogen) atoms. The van der Waals surface area contributed by atoms with Gasteiger partial charge in [-0.1, -0.05) is 19.9 Å². The van der Waals surface area contributed by atoms with E-state index < -0.39 is 0 Å². The van der Waals surface area contributed by atoms with E-state index in [1.165, 1.54) is 12.5 Å². The van der Waals surface area contributed by atoms with Crippen molar-refractivity contribution in [2.24, 2.45) is 17.6 Å². The van der Waals surface area contributed by atoms with Crippen LogP contribution in [-0.2, 0) is 6.54 Å². The van der Waals surface area contributed by atoms with Crippen molar-refractivity contribution in [3.8, 4) is 5.75 Å². The predicted octanol–water partition coefficient (Wildman–Crippen LogP) is 3.49. The number of hydrogen-bond acceptors (Lipinski definition) is 2. The summed E-state index contributed by atoms with van der Waals surface area (Å²) in [5.41, 5.74) is 5.98. The molecular weight excluding hydrogens is 229 g/mol. The molecule has 1 saturated carbocycles. The van der Waals surface area contributed by atoms with Crippen molar-refractivity contribution in [3.05, 3.63) is 29.6 Å². The van der Waals surface area contributed by atoms with Crippen LogP contribution in [0.5, 0.6) is 5.75 Å². The average Bonchev–Trinajstić information content (AvgIpc) is 2.27. The molecule has 1 aliphatic carbocycles. The van der Waals surface area contributed by atoms with Gasteiger partial charge in [-0.2, -0.15) is 0 Å². The number of benzene rings is 1. The molecule has 0 aliphatic heterocycles. The van der Waals surface area contributed by atoms with Crippen LogP contribution in [0.25, 0.3) is 0 Å². The van der Waals surface area contributed by atoms with Gasteiger partial charge in [0.1, 0.15) is 11.6 Å². The van der Waals surface area contributed by atoms with Gasteiger partial charge in [0.2, 0.25) is 0 Å². The van der Waals surface area contributed by atoms with Gasteiger partial charge in [-0.25, -0.2) is 4.39 Å². The Labute approximate surface area is 108 Å². The van der Waals surface area contributed by atoms with Crippen molar-refractivity contribution in [1.29, 1.82) is 0 Å². The zero-order valence-electron chi connectivity index (χ0n) is 11.2. The lowest BCUT2D eigenvalue weighted by atomic mass is 9.82. The quantitative estimate of drug-likeness (QED) is 0.892. The predicted molar refractivity (Wildman–Crippen MR) is 70.9 cm³/mol. The molecule has 0 radical (unpaired) electrons. The van der Waals surface area contributed by atoms with Gasteiger partial charge in [0.25, 0.3) is 0 Å². The minimum Gasteiger partial charge on any atom is -0.490 e. The SMILES string of the molecule is CC1CC(C)CC(Oc2ccc(CN)c(F)c2)C1. The molecule has 0 aromatic heterocycles. The maximum absolute atomic E-state index is 13.6. The summed E-state index contributed by atoms with van der Waals surface area (Å²) in [5.74, 6) is 1.72. The third-order valence-corrected chi connectivity index (χ3v) is 3.68. The summed E-state index contributed by atoms with van der Waals surface area (Å²) in [4.78, 5) is 0. The molecule has 0 bridgehead atoms. The van der Waals surface area contributed by atoms with Crippen molar-refractivity contribution in [1.82, 2.24) is 0 Å². The van der Waals surface area contributed by atoms with E-state index in [1.807, 2.05) is 6.07 Å². The van der Waals surface area contributed by atoms with Crippen LogP contribution < -0.4 is 10.5 Å². The van der Waals surface area contributed by atoms with Crippen LogP contribution in [0.4, 0.5) is 4.39 Å². The molecule has 2 atom stereocenters. The molecule has 2 unspecified atom stereocenters. The summed E-state index contributed by atoms with van der Waals surface area (Å²) in [5, 5.41) is 0. The maximum atomic E-state index is 13.6. The summed E-state index contributed by atoms with van der Waals surface area (Å²) in [6, 6.07) is 4.97. The molecule has 2 N–H and O–H groups in total. The van der Waals surface area contributed by atoms with Crippen LogP contribution >= 0.6 is 0 Å². The largest absolute Gasteiger partial charge is 0.490 e. The number of hydrogen-bond donors (Lipinski definition) is 1. The standard InChI is InChI=1S/C15H22FNO/c1-10-5-11(2)7-14(6-10)18-13-4-3-12(9-17)15(16)8-13/h3-4,8,10-11,14H,5-7,9,17H2,1-2H3. The van der Waals surface area contributed by atoms with Crippen LogP contribution in [-0.4, -0.2) is 6.10 Å². The molecule has 0 amide bonds. The summed E-state index contributed by atoms with van der Waals surface area (Å²) >= 11 is 0. The minimum atomic E-state index is -0.271. The van der Waals surface area contributed by atoms with Crippen LogP contribution in [0.3, 0.4) is 0 Å². The van der Waals surface area contributed by atoms with Gasteiger partial charge in [0.15, 0.2) is 0 Å². The van der Waals surface area contributed by atoms with E-state index in [9.17, 15) is 4.39 Å². The number of rotatable bonds is 3. The first kappa shape index (κ1) is 13.3. The first-order valence-electron chi connectivity index (χ1n) is 6.73. The average molecular weight is 251 g/mol. The monoisotopic (exact) mass is 251 g/mol. The molecular formula is C15H22FNO. The first-order chi connectivity index (χ1) is 8.58. The number of halogens is 1. The molecule has 1 fully saturated rings. The molecule has 2 nitrogen and oxygen atoms in total. The lowest BCUT2D eigenvalue weighted by Crippen LogP contribution is -2.28. The van der Waals surface area contributed by atoms with E-state index in [2.05, 4.69) is 13.8 Å². The minimum absolute atomic E-state index is 0.215. The number of ether oxygens (including phenoxy) is 1. The smallest absolute Gasteiger partial charge is 0.131 e. The Bertz CT molecular complexity index is 397. The second kappa shape index (κ2) is 5.70. The Hall–Kier alpha value is -1.09. The highest BCUT2D eigenvalue weighted by molar-refractivity contribution is 5.29. The third kappa shape index (κ3) is 3.22. The second-order valence-electron chi connectivity index (χ2n) is 5.61. The fourth-order valence-electron chi connectivity index (χ4n) is 2.93. The van der Waals surface area contributed by atoms with Crippen molar-refractivity contribution in [2.45, 2.75) is 45.8 Å². The molecule has 1 aromatic carbocycles. The Morgan fingerprint density at radius 3 is 2.44 bits per heavy atom. The maximum Gasteiger partial charge on any atom is 0.131 e. The zero-order valence-corrected chi connectivity index (χ0v) is 11.2. The topological polar surface area (TPSA) is 35.2 Å². The zero-order chi connectivity index (χ0) is 13.1. The third-order valence-electron chi connectivity index (χ3n) is 3.68. The van der Waals surface area contributed by atoms with Gasteiger partial charge in [-0.15, -0.1) is 0 Å². The van der Waals surface area contributed by atoms with E-state index in [0.29, 0.717) is 23.1 Å². The Morgan fingerprint density at radius 1 is 1.22 bits per heavy atom. The molecule has 2 rings (SSSR count). The van der Waals surface area contributed by atoms with E-state index in [0.717, 1.165) is 12.8 Å². The molecule has 100 valence electrons. The highest BCUT2D eigenvalue weighted by atomic mass is 19.1. The Morgan fingerprint density at radius 2 is 1.89 bits per heavy atom. The van der Waals surface area contributed by atoms with Crippen molar-refractivity contribution < 1.29 is 9.13 Å². The fraction of sp³-hybridized carbons (Fsp3) is 0.600. The van der Waals surface area contributed by atoms with Crippen molar-refractivity contribution in [3.63, 3.8) is 0 Å². The van der Waals surface area contributed by atoms with Gasteiger partial charge in [0.05, 0.1) is 6.10 Å². The lowest BCUT2D eigenvalue weighted by molar-refractivity contribution is 0.101. The molecule has 3 heteroatoms. The van der Waals surface area contributed by atoms with Gasteiger partial charge in [0, 0.05) is 18.2 Å². The molecule has 0 heterocycles. The van der Waals surface area contributed by atoms with E-state index in [4.69, 9.17) is 10.5 Å². The first-order valence-corrected chi connectivity index (χ1v) is 6.73. The Kier molecular flexibility index (Phi) is 4.23. The molecule has 0 spiro atoms. The van der Waals surface area contributed by atoms with Crippen LogP contribution in [0.1, 0.15) is 38.7 Å². The Balaban J connectivity index is 2.02. The van der Waals surface area contributed by atoms with Gasteiger partial charge in [-0.05, 0) is 37.2 Å². The van der Waals surface area contributed by atoms with Gasteiger partial charge >= 0.3 is 0 Å². The van der Waals surface area contributed by atoms with Gasteiger partial charge in [-0.3, -0.25) is 0 Å². The van der Waals surface area contributed by atoms with Gasteiger partial charge < -0.3 is 10.5 Å². The van der Waals surface area contributed by atoms with E-state index in [-0.39, 0.29) is 18.5 Å². The summed E-state index contributed by atoms with van der Waals surface area (Å²) in [7, 11) is 0. The molecule has 0 saturated heterocycles. The van der Waals surface area contributed by atoms with E-state index >= 15 is 0 Å². The summed E-state index contributed by atoms with van der Waals surface area (Å²) in [6.45, 7) is 4.73. The van der Waals surface area contributed by atoms with Crippen LogP contribution in [0.2, 0.25) is 0 Å². The number of nitrogens with two attached hydrogens (primary N) is 1. The lowest BCUT2D eigenvalue weighted by Gasteiger charge is -2.31. The fourth-order valence-corrected chi connectivity index (χ4v) is 2.93. The summed E-state index contributed by atoms with van der Waals surface area (Å²) in [6.07, 6.45) is 3.60. The van der Waals surface area contributed by atoms with E-state index in [1.54, 1.807) is 6.07 Å². The van der Waals surface area contributed by atoms with Crippen molar-refractivity contribution >= 4 is 0 Å². The van der Waals surface area contributed by atoms with Crippen LogP contribution in [0, 0.1) is 17.7 Å². The molecule has 1 aromatic rings. The summed E-state index contributed by atoms with van der Waals surface area (Å²) < 4.78 is 19.5. The normalized spacial score (nSPS) is 28.1. The molecule has 1 aliphatic rings. The highest BCUT2D eigenvalue weighted by Crippen LogP contribution is 2.31. The highest BCUT2D eigenvalue weighted by Gasteiger charge is 2.25. The van der Waals surface area contributed by atoms with Crippen LogP contribution in [0.15, 0.2) is 18.2 Å². The second-order valence-corrected chi connectivity index (χ2v) is 5.61.